The zero-order valence-corrected chi connectivity index (χ0v) is 15.1. The average Bonchev–Trinajstić information content (AvgIpc) is 3.14. The number of nitrogens with zero attached hydrogens (tertiary/aromatic N) is 5. The zero-order chi connectivity index (χ0) is 22.3. The summed E-state index contributed by atoms with van der Waals surface area (Å²) in [5.74, 6) is -4.22. The number of nitrogens with one attached hydrogen (secondary N) is 2. The number of aromatic nitrogens is 2. The molecule has 0 saturated heterocycles. The highest BCUT2D eigenvalue weighted by atomic mass is 35.5. The Labute approximate surface area is 169 Å². The molecule has 16 heteroatoms. The maximum Gasteiger partial charge on any atom is 0.493 e. The summed E-state index contributed by atoms with van der Waals surface area (Å²) < 4.78 is 55.0. The third kappa shape index (κ3) is 6.04. The molecule has 4 N–H and O–H groups in total. The van der Waals surface area contributed by atoms with Crippen LogP contribution >= 0.6 is 11.6 Å². The second-order valence-electron chi connectivity index (χ2n) is 5.05. The maximum absolute atomic E-state index is 13.3. The summed E-state index contributed by atoms with van der Waals surface area (Å²) in [6, 6.07) is 3.12. The Hall–Kier alpha value is -3.93. The zero-order valence-electron chi connectivity index (χ0n) is 14.4. The van der Waals surface area contributed by atoms with E-state index in [4.69, 9.17) is 22.6 Å². The van der Waals surface area contributed by atoms with Gasteiger partial charge in [0.1, 0.15) is 11.5 Å². The van der Waals surface area contributed by atoms with Crippen molar-refractivity contribution in [2.24, 2.45) is 15.7 Å². The standard InChI is InChI=1S/C14H9ClF4N8O3/c15-7-3-6(1-2-8(7)16)24-11(27-29-12(28)14(17,18)19)10-9(25-30-26-10)4-22-13(21)23-5-20/h1-3H,4H2,(H,24,27)(H3,21,22,23). The van der Waals surface area contributed by atoms with Gasteiger partial charge in [-0.1, -0.05) is 16.8 Å². The number of aliphatic imine (C=N–C) groups is 2. The number of guanidine groups is 1. The second kappa shape index (κ2) is 9.52. The van der Waals surface area contributed by atoms with Crippen molar-refractivity contribution in [3.63, 3.8) is 0 Å². The molecule has 0 spiro atoms. The molecule has 0 aliphatic rings. The molecule has 0 amide bonds. The molecule has 30 heavy (non-hydrogen) atoms. The van der Waals surface area contributed by atoms with Crippen LogP contribution in [0.15, 0.2) is 32.8 Å². The molecule has 1 aromatic carbocycles. The Balaban J connectivity index is 2.39. The molecule has 0 aliphatic heterocycles. The van der Waals surface area contributed by atoms with Gasteiger partial charge in [-0.25, -0.2) is 23.8 Å². The summed E-state index contributed by atoms with van der Waals surface area (Å²) in [7, 11) is 0. The molecule has 0 unspecified atom stereocenters. The number of rotatable bonds is 4. The third-order valence-electron chi connectivity index (χ3n) is 2.98. The topological polar surface area (TPSA) is 164 Å². The summed E-state index contributed by atoms with van der Waals surface area (Å²) in [5, 5.41) is 17.1. The van der Waals surface area contributed by atoms with Gasteiger partial charge in [0.25, 0.3) is 0 Å². The fourth-order valence-electron chi connectivity index (χ4n) is 1.71. The second-order valence-corrected chi connectivity index (χ2v) is 5.45. The number of hydroxylamine groups is 1. The molecule has 0 radical (unpaired) electrons. The van der Waals surface area contributed by atoms with Gasteiger partial charge >= 0.3 is 12.1 Å². The van der Waals surface area contributed by atoms with Crippen molar-refractivity contribution < 1.29 is 31.8 Å². The quantitative estimate of drug-likeness (QED) is 0.157. The van der Waals surface area contributed by atoms with Gasteiger partial charge < -0.3 is 10.6 Å². The van der Waals surface area contributed by atoms with Gasteiger partial charge in [-0.05, 0) is 23.4 Å². The highest BCUT2D eigenvalue weighted by molar-refractivity contribution is 6.31. The van der Waals surface area contributed by atoms with Crippen LogP contribution in [0.1, 0.15) is 11.4 Å². The minimum atomic E-state index is -5.30. The lowest BCUT2D eigenvalue weighted by molar-refractivity contribution is -0.203. The number of nitrogens with two attached hydrogens (primary N) is 1. The normalized spacial score (nSPS) is 12.3. The van der Waals surface area contributed by atoms with Crippen molar-refractivity contribution in [1.82, 2.24) is 21.1 Å². The summed E-state index contributed by atoms with van der Waals surface area (Å²) in [6.45, 7) is -0.350. The SMILES string of the molecule is N#CNC(N)=NCc1nonc1C(=Nc1ccc(F)c(Cl)c1)NOC(=O)C(F)(F)F. The first-order chi connectivity index (χ1) is 14.1. The maximum atomic E-state index is 13.3. The van der Waals surface area contributed by atoms with E-state index in [1.807, 2.05) is 5.32 Å². The van der Waals surface area contributed by atoms with Crippen LogP contribution in [0.4, 0.5) is 23.2 Å². The lowest BCUT2D eigenvalue weighted by atomic mass is 10.3. The van der Waals surface area contributed by atoms with E-state index in [2.05, 4.69) is 29.8 Å². The van der Waals surface area contributed by atoms with Crippen LogP contribution in [-0.2, 0) is 16.2 Å². The van der Waals surface area contributed by atoms with Crippen LogP contribution in [0.3, 0.4) is 0 Å². The van der Waals surface area contributed by atoms with E-state index in [1.165, 1.54) is 6.19 Å². The number of hydrogen-bond acceptors (Lipinski definition) is 8. The van der Waals surface area contributed by atoms with E-state index in [0.29, 0.717) is 0 Å². The van der Waals surface area contributed by atoms with Crippen molar-refractivity contribution in [1.29, 1.82) is 5.26 Å². The van der Waals surface area contributed by atoms with Crippen molar-refractivity contribution in [2.75, 3.05) is 0 Å². The molecule has 0 atom stereocenters. The first-order valence-corrected chi connectivity index (χ1v) is 7.84. The molecule has 2 aromatic rings. The van der Waals surface area contributed by atoms with Gasteiger partial charge in [0.2, 0.25) is 5.96 Å². The number of halogens is 5. The van der Waals surface area contributed by atoms with Gasteiger partial charge in [0, 0.05) is 0 Å². The minimum Gasteiger partial charge on any atom is -0.369 e. The lowest BCUT2D eigenvalue weighted by Gasteiger charge is -2.10. The molecule has 11 nitrogen and oxygen atoms in total. The van der Waals surface area contributed by atoms with Crippen LogP contribution in [-0.4, -0.2) is 34.3 Å². The molecular weight excluding hydrogens is 440 g/mol. The van der Waals surface area contributed by atoms with Crippen LogP contribution in [0.5, 0.6) is 0 Å². The van der Waals surface area contributed by atoms with E-state index >= 15 is 0 Å². The lowest BCUT2D eigenvalue weighted by Crippen LogP contribution is -2.35. The van der Waals surface area contributed by atoms with E-state index in [1.54, 1.807) is 5.48 Å². The van der Waals surface area contributed by atoms with Crippen LogP contribution in [0, 0.1) is 17.3 Å². The fraction of sp³-hybridized carbons (Fsp3) is 0.143. The molecule has 2 rings (SSSR count). The third-order valence-corrected chi connectivity index (χ3v) is 3.27. The van der Waals surface area contributed by atoms with Gasteiger partial charge in [0.05, 0.1) is 17.3 Å². The molecule has 0 saturated carbocycles. The van der Waals surface area contributed by atoms with Crippen molar-refractivity contribution in [2.45, 2.75) is 12.7 Å². The number of benzene rings is 1. The van der Waals surface area contributed by atoms with Gasteiger partial charge in [-0.15, -0.1) is 0 Å². The Kier molecular flexibility index (Phi) is 7.09. The highest BCUT2D eigenvalue weighted by Gasteiger charge is 2.42. The number of carbonyl (C=O) groups is 1. The highest BCUT2D eigenvalue weighted by Crippen LogP contribution is 2.23. The molecule has 158 valence electrons. The van der Waals surface area contributed by atoms with Crippen LogP contribution in [0.2, 0.25) is 5.02 Å². The summed E-state index contributed by atoms with van der Waals surface area (Å²) in [5.41, 5.74) is 6.59. The molecule has 1 heterocycles. The molecule has 0 fully saturated rings. The van der Waals surface area contributed by atoms with E-state index in [9.17, 15) is 22.4 Å². The first-order valence-electron chi connectivity index (χ1n) is 7.46. The predicted octanol–water partition coefficient (Wildman–Crippen LogP) is 1.44. The van der Waals surface area contributed by atoms with Gasteiger partial charge in [-0.3, -0.25) is 5.32 Å². The Bertz CT molecular complexity index is 1030. The summed E-state index contributed by atoms with van der Waals surface area (Å²) in [6.07, 6.45) is -3.79. The summed E-state index contributed by atoms with van der Waals surface area (Å²) in [4.78, 5) is 22.6. The number of carbonyl (C=O) groups excluding carboxylic acids is 1. The number of nitriles is 1. The van der Waals surface area contributed by atoms with Crippen molar-refractivity contribution in [3.05, 3.63) is 40.4 Å². The molecule has 0 aliphatic carbocycles. The number of alkyl halides is 3. The van der Waals surface area contributed by atoms with Gasteiger partial charge in [-0.2, -0.15) is 23.9 Å². The van der Waals surface area contributed by atoms with E-state index in [0.717, 1.165) is 18.2 Å². The largest absolute Gasteiger partial charge is 0.493 e. The Morgan fingerprint density at radius 1 is 1.40 bits per heavy atom. The molecule has 1 aromatic heterocycles. The van der Waals surface area contributed by atoms with Gasteiger partial charge in [0.15, 0.2) is 17.7 Å². The predicted molar refractivity (Wildman–Crippen MR) is 91.3 cm³/mol. The Morgan fingerprint density at radius 3 is 2.77 bits per heavy atom. The van der Waals surface area contributed by atoms with Crippen LogP contribution < -0.4 is 16.5 Å². The number of hydrogen-bond donors (Lipinski definition) is 3. The van der Waals surface area contributed by atoms with Crippen molar-refractivity contribution >= 4 is 35.1 Å². The Morgan fingerprint density at radius 2 is 2.13 bits per heavy atom. The minimum absolute atomic E-state index is 0.0462. The van der Waals surface area contributed by atoms with Crippen molar-refractivity contribution in [3.8, 4) is 6.19 Å². The van der Waals surface area contributed by atoms with E-state index in [-0.39, 0.29) is 34.6 Å². The monoisotopic (exact) mass is 448 g/mol. The number of amidine groups is 1. The molecule has 0 bridgehead atoms. The fourth-order valence-corrected chi connectivity index (χ4v) is 1.88. The van der Waals surface area contributed by atoms with Crippen LogP contribution in [0.25, 0.3) is 0 Å². The summed E-state index contributed by atoms with van der Waals surface area (Å²) >= 11 is 5.64. The molecular formula is C14H9ClF4N8O3. The van der Waals surface area contributed by atoms with E-state index < -0.39 is 23.8 Å². The average molecular weight is 449 g/mol. The smallest absolute Gasteiger partial charge is 0.369 e. The first kappa shape index (κ1) is 22.4.